The molecule has 0 spiro atoms. The summed E-state index contributed by atoms with van der Waals surface area (Å²) in [5, 5.41) is 8.99. The molecule has 0 atom stereocenters. The number of carboxylic acids is 1. The van der Waals surface area contributed by atoms with Crippen molar-refractivity contribution in [3.05, 3.63) is 29.3 Å². The molecule has 1 aromatic carbocycles. The molecule has 1 amide bonds. The Labute approximate surface area is 117 Å². The number of hydrogen-bond acceptors (Lipinski definition) is 3. The third kappa shape index (κ3) is 2.18. The van der Waals surface area contributed by atoms with E-state index in [9.17, 15) is 9.59 Å². The van der Waals surface area contributed by atoms with Crippen molar-refractivity contribution in [1.29, 1.82) is 0 Å². The predicted octanol–water partition coefficient (Wildman–Crippen LogP) is 1.55. The lowest BCUT2D eigenvalue weighted by molar-refractivity contribution is -0.120. The minimum Gasteiger partial charge on any atom is -0.478 e. The van der Waals surface area contributed by atoms with E-state index in [1.54, 1.807) is 23.1 Å². The van der Waals surface area contributed by atoms with Gasteiger partial charge in [-0.2, -0.15) is 0 Å². The first-order valence-corrected chi connectivity index (χ1v) is 6.94. The summed E-state index contributed by atoms with van der Waals surface area (Å²) in [7, 11) is 0. The van der Waals surface area contributed by atoms with Gasteiger partial charge >= 0.3 is 5.97 Å². The van der Waals surface area contributed by atoms with Gasteiger partial charge in [0.25, 0.3) is 0 Å². The van der Waals surface area contributed by atoms with Crippen LogP contribution in [-0.2, 0) is 11.2 Å². The Bertz CT molecular complexity index is 578. The van der Waals surface area contributed by atoms with Crippen molar-refractivity contribution in [2.45, 2.75) is 37.6 Å². The standard InChI is InChI=1S/C15H18N2O3/c16-15(5-1-6-15)9-13(18)17-7-4-10-8-11(14(19)20)2-3-12(10)17/h2-3,8H,1,4-7,9,16H2,(H,19,20). The van der Waals surface area contributed by atoms with Crippen molar-refractivity contribution in [2.75, 3.05) is 11.4 Å². The van der Waals surface area contributed by atoms with Crippen LogP contribution in [0.1, 0.15) is 41.6 Å². The molecule has 3 rings (SSSR count). The molecule has 2 aliphatic rings. The number of carbonyl (C=O) groups excluding carboxylic acids is 1. The van der Waals surface area contributed by atoms with Crippen molar-refractivity contribution in [3.8, 4) is 0 Å². The first-order chi connectivity index (χ1) is 9.48. The van der Waals surface area contributed by atoms with Crippen molar-refractivity contribution in [1.82, 2.24) is 0 Å². The number of carboxylic acid groups (broad SMARTS) is 1. The van der Waals surface area contributed by atoms with Gasteiger partial charge in [0.15, 0.2) is 0 Å². The second-order valence-electron chi connectivity index (χ2n) is 5.84. The normalized spacial score (nSPS) is 19.4. The van der Waals surface area contributed by atoms with Crippen molar-refractivity contribution in [3.63, 3.8) is 0 Å². The Morgan fingerprint density at radius 3 is 2.70 bits per heavy atom. The van der Waals surface area contributed by atoms with E-state index in [-0.39, 0.29) is 17.0 Å². The molecule has 1 aliphatic heterocycles. The third-order valence-corrected chi connectivity index (χ3v) is 4.38. The lowest BCUT2D eigenvalue weighted by Gasteiger charge is -2.38. The number of aromatic carboxylic acids is 1. The maximum atomic E-state index is 12.4. The Balaban J connectivity index is 1.78. The fraction of sp³-hybridized carbons (Fsp3) is 0.467. The molecule has 5 nitrogen and oxygen atoms in total. The molecule has 0 bridgehead atoms. The fourth-order valence-electron chi connectivity index (χ4n) is 3.00. The van der Waals surface area contributed by atoms with Crippen molar-refractivity contribution in [2.24, 2.45) is 5.73 Å². The van der Waals surface area contributed by atoms with Crippen LogP contribution in [-0.4, -0.2) is 29.1 Å². The summed E-state index contributed by atoms with van der Waals surface area (Å²) >= 11 is 0. The molecule has 20 heavy (non-hydrogen) atoms. The van der Waals surface area contributed by atoms with Crippen LogP contribution >= 0.6 is 0 Å². The van der Waals surface area contributed by atoms with Crippen LogP contribution in [0.4, 0.5) is 5.69 Å². The van der Waals surface area contributed by atoms with Crippen molar-refractivity contribution < 1.29 is 14.7 Å². The van der Waals surface area contributed by atoms with E-state index < -0.39 is 5.97 Å². The maximum Gasteiger partial charge on any atom is 0.335 e. The summed E-state index contributed by atoms with van der Waals surface area (Å²) in [6.45, 7) is 0.618. The molecule has 1 fully saturated rings. The average molecular weight is 274 g/mol. The highest BCUT2D eigenvalue weighted by molar-refractivity contribution is 5.97. The summed E-state index contributed by atoms with van der Waals surface area (Å²) in [5.74, 6) is -0.887. The molecule has 1 aromatic rings. The van der Waals surface area contributed by atoms with E-state index >= 15 is 0 Å². The largest absolute Gasteiger partial charge is 0.478 e. The van der Waals surface area contributed by atoms with Gasteiger partial charge in [-0.3, -0.25) is 4.79 Å². The molecular weight excluding hydrogens is 256 g/mol. The molecule has 1 aliphatic carbocycles. The number of hydrogen-bond donors (Lipinski definition) is 2. The molecule has 106 valence electrons. The molecule has 3 N–H and O–H groups in total. The molecule has 0 aromatic heterocycles. The van der Waals surface area contributed by atoms with Gasteiger partial charge in [0.2, 0.25) is 5.91 Å². The fourth-order valence-corrected chi connectivity index (χ4v) is 3.00. The molecule has 5 heteroatoms. The van der Waals surface area contributed by atoms with E-state index in [1.807, 2.05) is 0 Å². The highest BCUT2D eigenvalue weighted by Gasteiger charge is 2.37. The maximum absolute atomic E-state index is 12.4. The number of rotatable bonds is 3. The van der Waals surface area contributed by atoms with Crippen LogP contribution in [0, 0.1) is 0 Å². The quantitative estimate of drug-likeness (QED) is 0.875. The monoisotopic (exact) mass is 274 g/mol. The van der Waals surface area contributed by atoms with Gasteiger partial charge in [-0.15, -0.1) is 0 Å². The number of nitrogens with two attached hydrogens (primary N) is 1. The summed E-state index contributed by atoms with van der Waals surface area (Å²) in [6.07, 6.45) is 4.02. The van der Waals surface area contributed by atoms with E-state index in [4.69, 9.17) is 10.8 Å². The number of carbonyl (C=O) groups is 2. The van der Waals surface area contributed by atoms with E-state index in [1.165, 1.54) is 0 Å². The Kier molecular flexibility index (Phi) is 3.01. The summed E-state index contributed by atoms with van der Waals surface area (Å²) < 4.78 is 0. The zero-order valence-corrected chi connectivity index (χ0v) is 11.3. The lowest BCUT2D eigenvalue weighted by Crippen LogP contribution is -2.50. The minimum absolute atomic E-state index is 0.0500. The molecular formula is C15H18N2O3. The van der Waals surface area contributed by atoms with Crippen LogP contribution in [0.5, 0.6) is 0 Å². The van der Waals surface area contributed by atoms with Crippen LogP contribution in [0.2, 0.25) is 0 Å². The summed E-state index contributed by atoms with van der Waals surface area (Å²) in [4.78, 5) is 25.1. The van der Waals surface area contributed by atoms with Gasteiger partial charge in [0.05, 0.1) is 5.56 Å². The summed E-state index contributed by atoms with van der Waals surface area (Å²) in [6, 6.07) is 4.94. The minimum atomic E-state index is -0.937. The van der Waals surface area contributed by atoms with E-state index in [2.05, 4.69) is 0 Å². The molecule has 1 saturated carbocycles. The Hall–Kier alpha value is -1.88. The zero-order valence-electron chi connectivity index (χ0n) is 11.3. The number of nitrogens with zero attached hydrogens (tertiary/aromatic N) is 1. The van der Waals surface area contributed by atoms with Gasteiger partial charge in [-0.1, -0.05) is 0 Å². The molecule has 1 heterocycles. The topological polar surface area (TPSA) is 83.6 Å². The van der Waals surface area contributed by atoms with Gasteiger partial charge < -0.3 is 15.7 Å². The van der Waals surface area contributed by atoms with Crippen LogP contribution in [0.15, 0.2) is 18.2 Å². The van der Waals surface area contributed by atoms with Gasteiger partial charge in [0, 0.05) is 24.2 Å². The predicted molar refractivity (Wildman–Crippen MR) is 74.8 cm³/mol. The summed E-state index contributed by atoms with van der Waals surface area (Å²) in [5.41, 5.74) is 7.85. The lowest BCUT2D eigenvalue weighted by atomic mass is 9.75. The number of fused-ring (bicyclic) bond motifs is 1. The third-order valence-electron chi connectivity index (χ3n) is 4.38. The Morgan fingerprint density at radius 1 is 1.35 bits per heavy atom. The van der Waals surface area contributed by atoms with E-state index in [0.717, 1.165) is 30.5 Å². The van der Waals surface area contributed by atoms with Crippen molar-refractivity contribution >= 4 is 17.6 Å². The van der Waals surface area contributed by atoms with Gasteiger partial charge in [-0.05, 0) is 49.4 Å². The first-order valence-electron chi connectivity index (χ1n) is 6.94. The van der Waals surface area contributed by atoms with Crippen LogP contribution < -0.4 is 10.6 Å². The van der Waals surface area contributed by atoms with Crippen LogP contribution in [0.25, 0.3) is 0 Å². The number of anilines is 1. The molecule has 0 radical (unpaired) electrons. The zero-order chi connectivity index (χ0) is 14.3. The molecule has 0 saturated heterocycles. The van der Waals surface area contributed by atoms with Gasteiger partial charge in [-0.25, -0.2) is 4.79 Å². The smallest absolute Gasteiger partial charge is 0.335 e. The number of amides is 1. The molecule has 0 unspecified atom stereocenters. The second-order valence-corrected chi connectivity index (χ2v) is 5.84. The van der Waals surface area contributed by atoms with Crippen LogP contribution in [0.3, 0.4) is 0 Å². The number of benzene rings is 1. The van der Waals surface area contributed by atoms with E-state index in [0.29, 0.717) is 19.4 Å². The average Bonchev–Trinajstić information content (AvgIpc) is 2.79. The first kappa shape index (κ1) is 13.1. The SMILES string of the molecule is NC1(CC(=O)N2CCc3cc(C(=O)O)ccc32)CCC1. The Morgan fingerprint density at radius 2 is 2.10 bits per heavy atom. The highest BCUT2D eigenvalue weighted by atomic mass is 16.4. The highest BCUT2D eigenvalue weighted by Crippen LogP contribution is 2.35. The van der Waals surface area contributed by atoms with Gasteiger partial charge in [0.1, 0.15) is 0 Å². The second kappa shape index (κ2) is 4.59.